The summed E-state index contributed by atoms with van der Waals surface area (Å²) in [5, 5.41) is 7.33. The predicted molar refractivity (Wildman–Crippen MR) is 121 cm³/mol. The fraction of sp³-hybridized carbons (Fsp3) is 0.182. The third kappa shape index (κ3) is 5.19. The first-order chi connectivity index (χ1) is 16.5. The molecule has 0 saturated carbocycles. The maximum atomic E-state index is 14.5. The minimum Gasteiger partial charge on any atom is -0.383 e. The summed E-state index contributed by atoms with van der Waals surface area (Å²) in [6.07, 6.45) is -1.99. The molecule has 4 heterocycles. The molecule has 8 nitrogen and oxygen atoms in total. The molecule has 35 heavy (non-hydrogen) atoms. The number of nitrogens with zero attached hydrogens (tertiary/aromatic N) is 6. The van der Waals surface area contributed by atoms with Crippen LogP contribution in [0.2, 0.25) is 0 Å². The third-order valence-electron chi connectivity index (χ3n) is 5.15. The van der Waals surface area contributed by atoms with E-state index < -0.39 is 29.6 Å². The van der Waals surface area contributed by atoms with Crippen molar-refractivity contribution in [3.05, 3.63) is 81.7 Å². The van der Waals surface area contributed by atoms with Crippen molar-refractivity contribution in [1.29, 1.82) is 0 Å². The van der Waals surface area contributed by atoms with E-state index >= 15 is 0 Å². The van der Waals surface area contributed by atoms with Crippen LogP contribution in [0.3, 0.4) is 0 Å². The van der Waals surface area contributed by atoms with Crippen LogP contribution in [0.5, 0.6) is 0 Å². The summed E-state index contributed by atoms with van der Waals surface area (Å²) < 4.78 is 53.6. The second kappa shape index (κ2) is 9.49. The highest BCUT2D eigenvalue weighted by atomic mass is 79.9. The number of hydrogen-bond donors (Lipinski definition) is 1. The SMILES string of the molecule is CC(c1ncccc1F)N(Cc1ccc(C(F)(F)F)nn1)C(=O)c1cnc2nc(N)c(Br)cc2c1. The van der Waals surface area contributed by atoms with Crippen molar-refractivity contribution < 1.29 is 22.4 Å². The Morgan fingerprint density at radius 2 is 1.94 bits per heavy atom. The number of amides is 1. The number of pyridine rings is 3. The molecule has 1 atom stereocenters. The summed E-state index contributed by atoms with van der Waals surface area (Å²) in [4.78, 5) is 27.1. The molecule has 0 bridgehead atoms. The average molecular weight is 550 g/mol. The van der Waals surface area contributed by atoms with Gasteiger partial charge in [0.2, 0.25) is 0 Å². The largest absolute Gasteiger partial charge is 0.435 e. The lowest BCUT2D eigenvalue weighted by Crippen LogP contribution is -2.34. The molecular weight excluding hydrogens is 534 g/mol. The van der Waals surface area contributed by atoms with Gasteiger partial charge in [0.05, 0.1) is 34.0 Å². The van der Waals surface area contributed by atoms with Crippen LogP contribution in [0.15, 0.2) is 53.3 Å². The van der Waals surface area contributed by atoms with Crippen LogP contribution in [-0.4, -0.2) is 36.0 Å². The van der Waals surface area contributed by atoms with E-state index in [-0.39, 0.29) is 29.3 Å². The van der Waals surface area contributed by atoms with Gasteiger partial charge in [0.15, 0.2) is 11.3 Å². The van der Waals surface area contributed by atoms with Crippen molar-refractivity contribution in [1.82, 2.24) is 30.0 Å². The van der Waals surface area contributed by atoms with E-state index in [4.69, 9.17) is 5.73 Å². The Morgan fingerprint density at radius 1 is 1.17 bits per heavy atom. The van der Waals surface area contributed by atoms with Crippen LogP contribution in [0.25, 0.3) is 11.0 Å². The molecule has 2 N–H and O–H groups in total. The van der Waals surface area contributed by atoms with E-state index in [0.29, 0.717) is 15.5 Å². The summed E-state index contributed by atoms with van der Waals surface area (Å²) in [5.41, 5.74) is 5.10. The number of carbonyl (C=O) groups excluding carboxylic acids is 1. The van der Waals surface area contributed by atoms with Crippen molar-refractivity contribution in [2.75, 3.05) is 5.73 Å². The number of halogens is 5. The molecule has 0 aliphatic carbocycles. The van der Waals surface area contributed by atoms with Gasteiger partial charge in [-0.05, 0) is 59.3 Å². The van der Waals surface area contributed by atoms with Gasteiger partial charge in [-0.2, -0.15) is 18.3 Å². The minimum atomic E-state index is -4.66. The normalized spacial score (nSPS) is 12.5. The predicted octanol–water partition coefficient (Wildman–Crippen LogP) is 4.72. The Bertz CT molecular complexity index is 1400. The van der Waals surface area contributed by atoms with Crippen molar-refractivity contribution in [3.8, 4) is 0 Å². The monoisotopic (exact) mass is 549 g/mol. The summed E-state index contributed by atoms with van der Waals surface area (Å²) in [5.74, 6) is -0.992. The lowest BCUT2D eigenvalue weighted by atomic mass is 10.1. The summed E-state index contributed by atoms with van der Waals surface area (Å²) >= 11 is 3.28. The number of alkyl halides is 3. The van der Waals surface area contributed by atoms with Crippen molar-refractivity contribution in [3.63, 3.8) is 0 Å². The number of nitrogen functional groups attached to an aromatic ring is 1. The Morgan fingerprint density at radius 3 is 2.60 bits per heavy atom. The zero-order valence-electron chi connectivity index (χ0n) is 18.0. The fourth-order valence-electron chi connectivity index (χ4n) is 3.34. The zero-order chi connectivity index (χ0) is 25.3. The number of hydrogen-bond acceptors (Lipinski definition) is 7. The Hall–Kier alpha value is -3.74. The molecule has 180 valence electrons. The molecule has 0 aliphatic heterocycles. The van der Waals surface area contributed by atoms with E-state index in [1.807, 2.05) is 0 Å². The molecule has 0 spiro atoms. The molecule has 0 radical (unpaired) electrons. The molecule has 1 amide bonds. The Labute approximate surface area is 204 Å². The minimum absolute atomic E-state index is 0.0216. The molecule has 4 aromatic rings. The van der Waals surface area contributed by atoms with Crippen molar-refractivity contribution >= 4 is 38.7 Å². The molecular formula is C22H16BrF4N7O. The lowest BCUT2D eigenvalue weighted by molar-refractivity contribution is -0.141. The molecule has 0 aliphatic rings. The Kier molecular flexibility index (Phi) is 6.61. The maximum Gasteiger partial charge on any atom is 0.435 e. The first-order valence-electron chi connectivity index (χ1n) is 10.1. The van der Waals surface area contributed by atoms with Crippen LogP contribution in [0, 0.1) is 5.82 Å². The second-order valence-electron chi connectivity index (χ2n) is 7.51. The molecule has 1 unspecified atom stereocenters. The van der Waals surface area contributed by atoms with E-state index in [0.717, 1.165) is 12.1 Å². The number of rotatable bonds is 5. The summed E-state index contributed by atoms with van der Waals surface area (Å²) in [6, 6.07) is 6.76. The highest BCUT2D eigenvalue weighted by molar-refractivity contribution is 9.10. The first-order valence-corrected chi connectivity index (χ1v) is 10.9. The Balaban J connectivity index is 1.73. The number of aromatic nitrogens is 5. The van der Waals surface area contributed by atoms with Crippen LogP contribution in [-0.2, 0) is 12.7 Å². The summed E-state index contributed by atoms with van der Waals surface area (Å²) in [7, 11) is 0. The molecule has 0 aromatic carbocycles. The van der Waals surface area contributed by atoms with Gasteiger partial charge in [0.1, 0.15) is 11.6 Å². The van der Waals surface area contributed by atoms with Gasteiger partial charge in [-0.15, -0.1) is 5.10 Å². The molecule has 4 rings (SSSR count). The van der Waals surface area contributed by atoms with Gasteiger partial charge in [0, 0.05) is 17.8 Å². The van der Waals surface area contributed by atoms with Crippen molar-refractivity contribution in [2.24, 2.45) is 0 Å². The van der Waals surface area contributed by atoms with E-state index in [9.17, 15) is 22.4 Å². The van der Waals surface area contributed by atoms with Crippen molar-refractivity contribution in [2.45, 2.75) is 25.7 Å². The molecule has 0 fully saturated rings. The molecule has 0 saturated heterocycles. The van der Waals surface area contributed by atoms with Gasteiger partial charge in [-0.3, -0.25) is 9.78 Å². The van der Waals surface area contributed by atoms with Gasteiger partial charge in [-0.25, -0.2) is 14.4 Å². The number of nitrogens with two attached hydrogens (primary N) is 1. The highest BCUT2D eigenvalue weighted by Gasteiger charge is 2.33. The topological polar surface area (TPSA) is 111 Å². The quantitative estimate of drug-likeness (QED) is 0.358. The molecule has 13 heteroatoms. The van der Waals surface area contributed by atoms with Crippen LogP contribution in [0.1, 0.15) is 40.4 Å². The average Bonchev–Trinajstić information content (AvgIpc) is 2.82. The smallest absolute Gasteiger partial charge is 0.383 e. The lowest BCUT2D eigenvalue weighted by Gasteiger charge is -2.29. The van der Waals surface area contributed by atoms with Crippen LogP contribution < -0.4 is 5.73 Å². The highest BCUT2D eigenvalue weighted by Crippen LogP contribution is 2.29. The second-order valence-corrected chi connectivity index (χ2v) is 8.37. The van der Waals surface area contributed by atoms with Gasteiger partial charge >= 0.3 is 6.18 Å². The van der Waals surface area contributed by atoms with Crippen LogP contribution >= 0.6 is 15.9 Å². The summed E-state index contributed by atoms with van der Waals surface area (Å²) in [6.45, 7) is 1.29. The fourth-order valence-corrected chi connectivity index (χ4v) is 3.68. The van der Waals surface area contributed by atoms with E-state index in [1.54, 1.807) is 13.0 Å². The van der Waals surface area contributed by atoms with Crippen LogP contribution in [0.4, 0.5) is 23.4 Å². The van der Waals surface area contributed by atoms with Gasteiger partial charge in [0.25, 0.3) is 5.91 Å². The van der Waals surface area contributed by atoms with Gasteiger partial charge < -0.3 is 10.6 Å². The zero-order valence-corrected chi connectivity index (χ0v) is 19.5. The third-order valence-corrected chi connectivity index (χ3v) is 5.78. The number of fused-ring (bicyclic) bond motifs is 1. The standard InChI is InChI=1S/C22H16BrF4N7O/c1-11(18-16(24)3-2-6-29-18)34(10-14-4-5-17(33-32-14)22(25,26)27)21(35)13-7-12-8-15(23)19(28)31-20(12)30-9-13/h2-9,11H,10H2,1H3,(H2,28,30,31). The number of anilines is 1. The number of carbonyl (C=O) groups is 1. The van der Waals surface area contributed by atoms with E-state index in [1.165, 1.54) is 35.5 Å². The van der Waals surface area contributed by atoms with E-state index in [2.05, 4.69) is 41.1 Å². The first kappa shape index (κ1) is 24.4. The maximum absolute atomic E-state index is 14.5. The molecule has 4 aromatic heterocycles. The van der Waals surface area contributed by atoms with Gasteiger partial charge in [-0.1, -0.05) is 0 Å².